The first kappa shape index (κ1) is 17.2. The van der Waals surface area contributed by atoms with E-state index in [-0.39, 0.29) is 18.9 Å². The number of urea groups is 1. The molecular formula is C13H23N3O5. The maximum atomic E-state index is 11.8. The molecule has 1 rings (SSSR count). The quantitative estimate of drug-likeness (QED) is 0.428. The smallest absolute Gasteiger partial charge is 0.326 e. The van der Waals surface area contributed by atoms with Gasteiger partial charge >= 0.3 is 12.0 Å². The average molecular weight is 301 g/mol. The van der Waals surface area contributed by atoms with Gasteiger partial charge in [0.1, 0.15) is 6.04 Å². The summed E-state index contributed by atoms with van der Waals surface area (Å²) >= 11 is 0. The summed E-state index contributed by atoms with van der Waals surface area (Å²) in [6, 6.07) is -2.21. The molecule has 0 spiro atoms. The summed E-state index contributed by atoms with van der Waals surface area (Å²) in [5.74, 6) is -1.85. The standard InChI is InChI=1S/C13H23N3O5/c14-11(18)7-6-9(12(19)20)16-13(21)15-8-4-2-1-3-5-10(8)17/h8-10,17H,1-7H2,(H2,14,18)(H,19,20)(H2,15,16,21). The van der Waals surface area contributed by atoms with Crippen molar-refractivity contribution >= 4 is 17.9 Å². The molecule has 8 nitrogen and oxygen atoms in total. The summed E-state index contributed by atoms with van der Waals surface area (Å²) in [5, 5.41) is 23.8. The number of hydrogen-bond acceptors (Lipinski definition) is 4. The third-order valence-electron chi connectivity index (χ3n) is 3.58. The number of carbonyl (C=O) groups excluding carboxylic acids is 2. The normalized spacial score (nSPS) is 23.7. The molecule has 0 aliphatic heterocycles. The lowest BCUT2D eigenvalue weighted by atomic mass is 10.1. The highest BCUT2D eigenvalue weighted by Crippen LogP contribution is 2.17. The summed E-state index contributed by atoms with van der Waals surface area (Å²) in [5.41, 5.74) is 4.96. The number of aliphatic hydroxyl groups is 1. The number of carboxylic acid groups (broad SMARTS) is 1. The Hall–Kier alpha value is -1.83. The molecule has 0 bridgehead atoms. The lowest BCUT2D eigenvalue weighted by Crippen LogP contribution is -2.51. The van der Waals surface area contributed by atoms with Crippen molar-refractivity contribution in [3.8, 4) is 0 Å². The van der Waals surface area contributed by atoms with Crippen LogP contribution in [-0.2, 0) is 9.59 Å². The summed E-state index contributed by atoms with van der Waals surface area (Å²) in [6.07, 6.45) is 3.31. The van der Waals surface area contributed by atoms with Gasteiger partial charge in [-0.15, -0.1) is 0 Å². The number of nitrogens with two attached hydrogens (primary N) is 1. The number of aliphatic hydroxyl groups excluding tert-OH is 1. The fourth-order valence-electron chi connectivity index (χ4n) is 2.37. The molecule has 21 heavy (non-hydrogen) atoms. The minimum atomic E-state index is -1.23. The maximum Gasteiger partial charge on any atom is 0.326 e. The Morgan fingerprint density at radius 3 is 2.48 bits per heavy atom. The van der Waals surface area contributed by atoms with Crippen LogP contribution in [0.5, 0.6) is 0 Å². The molecule has 0 heterocycles. The van der Waals surface area contributed by atoms with Gasteiger partial charge in [-0.25, -0.2) is 9.59 Å². The van der Waals surface area contributed by atoms with Crippen LogP contribution in [0.3, 0.4) is 0 Å². The zero-order chi connectivity index (χ0) is 15.8. The van der Waals surface area contributed by atoms with Gasteiger partial charge in [-0.2, -0.15) is 0 Å². The van der Waals surface area contributed by atoms with E-state index in [0.717, 1.165) is 19.3 Å². The van der Waals surface area contributed by atoms with Crippen molar-refractivity contribution in [1.29, 1.82) is 0 Å². The van der Waals surface area contributed by atoms with E-state index < -0.39 is 30.1 Å². The van der Waals surface area contributed by atoms with Gasteiger partial charge in [-0.1, -0.05) is 19.3 Å². The summed E-state index contributed by atoms with van der Waals surface area (Å²) in [6.45, 7) is 0. The number of nitrogens with one attached hydrogen (secondary N) is 2. The predicted molar refractivity (Wildman–Crippen MR) is 74.4 cm³/mol. The molecule has 1 saturated carbocycles. The monoisotopic (exact) mass is 301 g/mol. The van der Waals surface area contributed by atoms with Gasteiger partial charge in [0.2, 0.25) is 5.91 Å². The minimum absolute atomic E-state index is 0.0642. The number of amides is 3. The summed E-state index contributed by atoms with van der Waals surface area (Å²) < 4.78 is 0. The molecule has 0 aromatic rings. The van der Waals surface area contributed by atoms with Crippen LogP contribution >= 0.6 is 0 Å². The van der Waals surface area contributed by atoms with E-state index in [4.69, 9.17) is 10.8 Å². The van der Waals surface area contributed by atoms with Crippen LogP contribution in [0.1, 0.15) is 44.9 Å². The van der Waals surface area contributed by atoms with Gasteiger partial charge in [0.15, 0.2) is 0 Å². The van der Waals surface area contributed by atoms with Crippen molar-refractivity contribution in [3.63, 3.8) is 0 Å². The molecule has 0 aromatic heterocycles. The maximum absolute atomic E-state index is 11.8. The second-order valence-electron chi connectivity index (χ2n) is 5.33. The third-order valence-corrected chi connectivity index (χ3v) is 3.58. The van der Waals surface area contributed by atoms with Gasteiger partial charge in [-0.05, 0) is 19.3 Å². The Morgan fingerprint density at radius 1 is 1.19 bits per heavy atom. The summed E-state index contributed by atoms with van der Waals surface area (Å²) in [7, 11) is 0. The van der Waals surface area contributed by atoms with Crippen LogP contribution in [0.25, 0.3) is 0 Å². The van der Waals surface area contributed by atoms with Gasteiger partial charge in [0, 0.05) is 6.42 Å². The Bertz CT molecular complexity index is 388. The van der Waals surface area contributed by atoms with E-state index in [0.29, 0.717) is 12.8 Å². The minimum Gasteiger partial charge on any atom is -0.480 e. The van der Waals surface area contributed by atoms with Gasteiger partial charge < -0.3 is 26.6 Å². The van der Waals surface area contributed by atoms with Gasteiger partial charge in [0.05, 0.1) is 12.1 Å². The molecule has 1 aliphatic carbocycles. The molecule has 3 unspecified atom stereocenters. The van der Waals surface area contributed by atoms with Crippen molar-refractivity contribution < 1.29 is 24.6 Å². The van der Waals surface area contributed by atoms with E-state index in [1.54, 1.807) is 0 Å². The molecule has 8 heteroatoms. The second kappa shape index (κ2) is 8.46. The molecule has 3 amide bonds. The van der Waals surface area contributed by atoms with Crippen molar-refractivity contribution in [3.05, 3.63) is 0 Å². The second-order valence-corrected chi connectivity index (χ2v) is 5.33. The number of primary amides is 1. The molecule has 0 saturated heterocycles. The lowest BCUT2D eigenvalue weighted by Gasteiger charge is -2.23. The van der Waals surface area contributed by atoms with Gasteiger partial charge in [-0.3, -0.25) is 4.79 Å². The topological polar surface area (TPSA) is 142 Å². The molecule has 1 fully saturated rings. The molecule has 120 valence electrons. The van der Waals surface area contributed by atoms with Gasteiger partial charge in [0.25, 0.3) is 0 Å². The fraction of sp³-hybridized carbons (Fsp3) is 0.769. The molecule has 0 radical (unpaired) electrons. The highest BCUT2D eigenvalue weighted by molar-refractivity contribution is 5.83. The molecule has 6 N–H and O–H groups in total. The van der Waals surface area contributed by atoms with E-state index >= 15 is 0 Å². The van der Waals surface area contributed by atoms with Crippen molar-refractivity contribution in [2.24, 2.45) is 5.73 Å². The molecule has 0 aromatic carbocycles. The Morgan fingerprint density at radius 2 is 1.86 bits per heavy atom. The SMILES string of the molecule is NC(=O)CCC(NC(=O)NC1CCCCCC1O)C(=O)O. The molecule has 1 aliphatic rings. The fourth-order valence-corrected chi connectivity index (χ4v) is 2.37. The van der Waals surface area contributed by atoms with Crippen LogP contribution in [0.4, 0.5) is 4.79 Å². The number of carboxylic acids is 1. The zero-order valence-electron chi connectivity index (χ0n) is 11.9. The van der Waals surface area contributed by atoms with E-state index in [1.807, 2.05) is 0 Å². The zero-order valence-corrected chi connectivity index (χ0v) is 11.9. The number of carbonyl (C=O) groups is 3. The first-order valence-corrected chi connectivity index (χ1v) is 7.16. The Kier molecular flexibility index (Phi) is 6.93. The van der Waals surface area contributed by atoms with Crippen LogP contribution in [0.15, 0.2) is 0 Å². The van der Waals surface area contributed by atoms with E-state index in [2.05, 4.69) is 10.6 Å². The van der Waals surface area contributed by atoms with Crippen LogP contribution in [0, 0.1) is 0 Å². The predicted octanol–water partition coefficient (Wildman–Crippen LogP) is -0.302. The first-order chi connectivity index (χ1) is 9.90. The van der Waals surface area contributed by atoms with Crippen molar-refractivity contribution in [1.82, 2.24) is 10.6 Å². The van der Waals surface area contributed by atoms with Crippen LogP contribution in [0.2, 0.25) is 0 Å². The summed E-state index contributed by atoms with van der Waals surface area (Å²) in [4.78, 5) is 33.5. The largest absolute Gasteiger partial charge is 0.480 e. The van der Waals surface area contributed by atoms with Crippen molar-refractivity contribution in [2.75, 3.05) is 0 Å². The van der Waals surface area contributed by atoms with Crippen LogP contribution < -0.4 is 16.4 Å². The lowest BCUT2D eigenvalue weighted by molar-refractivity contribution is -0.139. The van der Waals surface area contributed by atoms with Crippen LogP contribution in [-0.4, -0.2) is 46.3 Å². The average Bonchev–Trinajstić information content (AvgIpc) is 2.59. The highest BCUT2D eigenvalue weighted by Gasteiger charge is 2.25. The van der Waals surface area contributed by atoms with E-state index in [1.165, 1.54) is 0 Å². The number of rotatable bonds is 6. The highest BCUT2D eigenvalue weighted by atomic mass is 16.4. The third kappa shape index (κ3) is 6.44. The Balaban J connectivity index is 2.48. The molecular weight excluding hydrogens is 278 g/mol. The first-order valence-electron chi connectivity index (χ1n) is 7.16. The molecule has 3 atom stereocenters. The van der Waals surface area contributed by atoms with Crippen molar-refractivity contribution in [2.45, 2.75) is 63.1 Å². The number of aliphatic carboxylic acids is 1. The number of hydrogen-bond donors (Lipinski definition) is 5. The van der Waals surface area contributed by atoms with E-state index in [9.17, 15) is 19.5 Å². The Labute approximate surface area is 123 Å².